The van der Waals surface area contributed by atoms with Gasteiger partial charge in [0.05, 0.1) is 19.3 Å². The van der Waals surface area contributed by atoms with Crippen LogP contribution in [-0.4, -0.2) is 28.3 Å². The molecule has 1 amide bonds. The first-order chi connectivity index (χ1) is 13.0. The van der Waals surface area contributed by atoms with Crippen molar-refractivity contribution in [3.05, 3.63) is 70.6 Å². The molecule has 140 valence electrons. The predicted octanol–water partition coefficient (Wildman–Crippen LogP) is 3.03. The summed E-state index contributed by atoms with van der Waals surface area (Å²) in [6.45, 7) is 4.25. The van der Waals surface area contributed by atoms with Gasteiger partial charge in [0.1, 0.15) is 5.75 Å². The first kappa shape index (κ1) is 18.7. The number of amides is 1. The van der Waals surface area contributed by atoms with Crippen molar-refractivity contribution in [3.63, 3.8) is 0 Å². The highest BCUT2D eigenvalue weighted by Gasteiger charge is 2.12. The molecule has 0 fully saturated rings. The molecule has 1 aromatic heterocycles. The molecular formula is C21H22N2O4. The average Bonchev–Trinajstić information content (AvgIpc) is 2.64. The molecule has 27 heavy (non-hydrogen) atoms. The number of ether oxygens (including phenoxy) is 1. The van der Waals surface area contributed by atoms with Gasteiger partial charge >= 0.3 is 0 Å². The van der Waals surface area contributed by atoms with Crippen LogP contribution in [0, 0.1) is 0 Å². The number of aliphatic hydroxyl groups excluding tert-OH is 1. The van der Waals surface area contributed by atoms with E-state index in [0.29, 0.717) is 34.4 Å². The standard InChI is InChI=1S/C21H22N2O4/c1-3-27-16-7-4-6-15(12-16)20(25)22-19-9-5-8-18-17(19)10-11-23(21(18)26)13-14(2)24/h4-12,14,24H,3,13H2,1-2H3,(H,22,25). The van der Waals surface area contributed by atoms with Crippen LogP contribution in [-0.2, 0) is 6.54 Å². The number of nitrogens with one attached hydrogen (secondary N) is 1. The van der Waals surface area contributed by atoms with E-state index in [0.717, 1.165) is 0 Å². The highest BCUT2D eigenvalue weighted by molar-refractivity contribution is 6.09. The molecule has 0 bridgehead atoms. The van der Waals surface area contributed by atoms with E-state index in [4.69, 9.17) is 4.74 Å². The van der Waals surface area contributed by atoms with Crippen molar-refractivity contribution in [2.75, 3.05) is 11.9 Å². The van der Waals surface area contributed by atoms with Crippen LogP contribution in [0.2, 0.25) is 0 Å². The van der Waals surface area contributed by atoms with Gasteiger partial charge < -0.3 is 19.7 Å². The number of carbonyl (C=O) groups is 1. The number of benzene rings is 2. The van der Waals surface area contributed by atoms with E-state index in [-0.39, 0.29) is 18.0 Å². The molecule has 6 heteroatoms. The summed E-state index contributed by atoms with van der Waals surface area (Å²) in [6, 6.07) is 13.9. The second-order valence-electron chi connectivity index (χ2n) is 6.30. The highest BCUT2D eigenvalue weighted by Crippen LogP contribution is 2.22. The molecule has 2 N–H and O–H groups in total. The van der Waals surface area contributed by atoms with Crippen LogP contribution in [0.25, 0.3) is 10.8 Å². The topological polar surface area (TPSA) is 80.6 Å². The summed E-state index contributed by atoms with van der Waals surface area (Å²) < 4.78 is 6.90. The monoisotopic (exact) mass is 366 g/mol. The number of aromatic nitrogens is 1. The van der Waals surface area contributed by atoms with Gasteiger partial charge in [-0.25, -0.2) is 0 Å². The third-order valence-electron chi connectivity index (χ3n) is 4.13. The van der Waals surface area contributed by atoms with Crippen molar-refractivity contribution in [1.29, 1.82) is 0 Å². The fraction of sp³-hybridized carbons (Fsp3) is 0.238. The highest BCUT2D eigenvalue weighted by atomic mass is 16.5. The maximum atomic E-state index is 12.6. The third-order valence-corrected chi connectivity index (χ3v) is 4.13. The zero-order chi connectivity index (χ0) is 19.4. The Hall–Kier alpha value is -3.12. The molecule has 6 nitrogen and oxygen atoms in total. The van der Waals surface area contributed by atoms with E-state index in [9.17, 15) is 14.7 Å². The van der Waals surface area contributed by atoms with Gasteiger partial charge in [0, 0.05) is 28.2 Å². The summed E-state index contributed by atoms with van der Waals surface area (Å²) in [5.74, 6) is 0.348. The second kappa shape index (κ2) is 8.05. The van der Waals surface area contributed by atoms with E-state index in [2.05, 4.69) is 5.32 Å². The van der Waals surface area contributed by atoms with Crippen LogP contribution in [0.3, 0.4) is 0 Å². The Kier molecular flexibility index (Phi) is 5.57. The second-order valence-corrected chi connectivity index (χ2v) is 6.30. The molecule has 0 saturated carbocycles. The van der Waals surface area contributed by atoms with E-state index < -0.39 is 6.10 Å². The van der Waals surface area contributed by atoms with E-state index in [1.54, 1.807) is 61.7 Å². The van der Waals surface area contributed by atoms with Gasteiger partial charge in [-0.1, -0.05) is 12.1 Å². The predicted molar refractivity (Wildman–Crippen MR) is 105 cm³/mol. The number of anilines is 1. The SMILES string of the molecule is CCOc1cccc(C(=O)Nc2cccc3c(=O)n(CC(C)O)ccc23)c1. The third kappa shape index (κ3) is 4.17. The van der Waals surface area contributed by atoms with Crippen molar-refractivity contribution in [3.8, 4) is 5.75 Å². The fourth-order valence-corrected chi connectivity index (χ4v) is 2.94. The summed E-state index contributed by atoms with van der Waals surface area (Å²) in [5.41, 5.74) is 0.823. The van der Waals surface area contributed by atoms with Crippen molar-refractivity contribution in [2.24, 2.45) is 0 Å². The van der Waals surface area contributed by atoms with Crippen molar-refractivity contribution in [1.82, 2.24) is 4.57 Å². The summed E-state index contributed by atoms with van der Waals surface area (Å²) >= 11 is 0. The molecule has 0 saturated heterocycles. The molecule has 0 aliphatic heterocycles. The number of nitrogens with zero attached hydrogens (tertiary/aromatic N) is 1. The number of fused-ring (bicyclic) bond motifs is 1. The Labute approximate surface area is 157 Å². The zero-order valence-corrected chi connectivity index (χ0v) is 15.3. The molecule has 1 heterocycles. The van der Waals surface area contributed by atoms with Crippen molar-refractivity contribution >= 4 is 22.4 Å². The number of carbonyl (C=O) groups excluding carboxylic acids is 1. The number of aliphatic hydroxyl groups is 1. The minimum atomic E-state index is -0.624. The normalized spacial score (nSPS) is 12.0. The summed E-state index contributed by atoms with van der Waals surface area (Å²) in [6.07, 6.45) is 1.00. The molecule has 0 spiro atoms. The maximum Gasteiger partial charge on any atom is 0.258 e. The van der Waals surface area contributed by atoms with E-state index in [1.807, 2.05) is 6.92 Å². The molecule has 3 rings (SSSR count). The molecule has 0 aliphatic carbocycles. The van der Waals surface area contributed by atoms with Crippen LogP contribution in [0.15, 0.2) is 59.5 Å². The molecular weight excluding hydrogens is 344 g/mol. The quantitative estimate of drug-likeness (QED) is 0.703. The van der Waals surface area contributed by atoms with Crippen LogP contribution in [0.4, 0.5) is 5.69 Å². The largest absolute Gasteiger partial charge is 0.494 e. The van der Waals surface area contributed by atoms with E-state index >= 15 is 0 Å². The lowest BCUT2D eigenvalue weighted by Crippen LogP contribution is -2.25. The molecule has 0 aliphatic rings. The average molecular weight is 366 g/mol. The number of pyridine rings is 1. The maximum absolute atomic E-state index is 12.6. The van der Waals surface area contributed by atoms with Crippen molar-refractivity contribution < 1.29 is 14.6 Å². The van der Waals surface area contributed by atoms with Gasteiger partial charge in [-0.15, -0.1) is 0 Å². The van der Waals surface area contributed by atoms with Gasteiger partial charge in [-0.2, -0.15) is 0 Å². The molecule has 0 radical (unpaired) electrons. The van der Waals surface area contributed by atoms with Crippen LogP contribution in [0.5, 0.6) is 5.75 Å². The Morgan fingerprint density at radius 1 is 1.19 bits per heavy atom. The molecule has 2 aromatic carbocycles. The Morgan fingerprint density at radius 3 is 2.70 bits per heavy atom. The minimum Gasteiger partial charge on any atom is -0.494 e. The molecule has 1 unspecified atom stereocenters. The number of rotatable bonds is 6. The summed E-state index contributed by atoms with van der Waals surface area (Å²) in [4.78, 5) is 25.2. The van der Waals surface area contributed by atoms with Gasteiger partial charge in [0.15, 0.2) is 0 Å². The summed E-state index contributed by atoms with van der Waals surface area (Å²) in [7, 11) is 0. The smallest absolute Gasteiger partial charge is 0.258 e. The van der Waals surface area contributed by atoms with Crippen molar-refractivity contribution in [2.45, 2.75) is 26.5 Å². The minimum absolute atomic E-state index is 0.206. The van der Waals surface area contributed by atoms with Gasteiger partial charge in [-0.3, -0.25) is 9.59 Å². The van der Waals surface area contributed by atoms with Gasteiger partial charge in [0.2, 0.25) is 0 Å². The molecule has 3 aromatic rings. The lowest BCUT2D eigenvalue weighted by Gasteiger charge is -2.12. The van der Waals surface area contributed by atoms with E-state index in [1.165, 1.54) is 4.57 Å². The first-order valence-corrected chi connectivity index (χ1v) is 8.84. The Morgan fingerprint density at radius 2 is 1.96 bits per heavy atom. The number of hydrogen-bond donors (Lipinski definition) is 2. The van der Waals surface area contributed by atoms with Gasteiger partial charge in [0.25, 0.3) is 11.5 Å². The summed E-state index contributed by atoms with van der Waals surface area (Å²) in [5, 5.41) is 13.5. The fourth-order valence-electron chi connectivity index (χ4n) is 2.94. The van der Waals surface area contributed by atoms with Crippen LogP contribution >= 0.6 is 0 Å². The lowest BCUT2D eigenvalue weighted by molar-refractivity contribution is 0.102. The lowest BCUT2D eigenvalue weighted by atomic mass is 10.1. The van der Waals surface area contributed by atoms with Crippen LogP contribution < -0.4 is 15.6 Å². The van der Waals surface area contributed by atoms with Gasteiger partial charge in [-0.05, 0) is 50.2 Å². The van der Waals surface area contributed by atoms with Crippen LogP contribution in [0.1, 0.15) is 24.2 Å². The molecule has 1 atom stereocenters. The number of hydrogen-bond acceptors (Lipinski definition) is 4. The first-order valence-electron chi connectivity index (χ1n) is 8.84. The Bertz CT molecular complexity index is 1020. The zero-order valence-electron chi connectivity index (χ0n) is 15.3. The Balaban J connectivity index is 1.93.